The number of carbonyl (C=O) groups excluding carboxylic acids is 2. The van der Waals surface area contributed by atoms with Gasteiger partial charge in [0.25, 0.3) is 11.8 Å². The second-order valence-corrected chi connectivity index (χ2v) is 9.94. The molecule has 1 saturated heterocycles. The summed E-state index contributed by atoms with van der Waals surface area (Å²) >= 11 is 0. The van der Waals surface area contributed by atoms with Gasteiger partial charge in [-0.3, -0.25) is 19.0 Å². The van der Waals surface area contributed by atoms with E-state index >= 15 is 0 Å². The van der Waals surface area contributed by atoms with Gasteiger partial charge in [-0.25, -0.2) is 15.0 Å². The minimum absolute atomic E-state index is 0.0239. The predicted molar refractivity (Wildman–Crippen MR) is 147 cm³/mol. The molecule has 0 spiro atoms. The van der Waals surface area contributed by atoms with Gasteiger partial charge in [0.05, 0.1) is 16.8 Å². The Balaban J connectivity index is 1.27. The topological polar surface area (TPSA) is 131 Å². The van der Waals surface area contributed by atoms with Crippen LogP contribution in [-0.2, 0) is 4.79 Å². The summed E-state index contributed by atoms with van der Waals surface area (Å²) in [4.78, 5) is 45.1. The van der Waals surface area contributed by atoms with Crippen LogP contribution in [0.5, 0.6) is 0 Å². The van der Waals surface area contributed by atoms with E-state index in [0.29, 0.717) is 41.9 Å². The summed E-state index contributed by atoms with van der Waals surface area (Å²) in [5.41, 5.74) is 10.1. The van der Waals surface area contributed by atoms with Crippen molar-refractivity contribution in [2.75, 3.05) is 24.1 Å². The molecule has 0 bridgehead atoms. The van der Waals surface area contributed by atoms with Gasteiger partial charge in [0.2, 0.25) is 5.95 Å². The molecule has 0 radical (unpaired) electrons. The van der Waals surface area contributed by atoms with E-state index in [-0.39, 0.29) is 23.7 Å². The average molecular weight is 521 g/mol. The summed E-state index contributed by atoms with van der Waals surface area (Å²) in [7, 11) is 0. The van der Waals surface area contributed by atoms with Crippen LogP contribution in [0.25, 0.3) is 17.0 Å². The first-order valence-corrected chi connectivity index (χ1v) is 13.1. The summed E-state index contributed by atoms with van der Waals surface area (Å²) in [6.07, 6.45) is 9.00. The SMILES string of the molecule is CC#CC(=O)N1CCCC(c2nc(-c3ccc(C(=O)Nc4cc(C5CC5)ccn4)cn3)n3c(N)nccc23)C1. The zero-order valence-electron chi connectivity index (χ0n) is 21.6. The second-order valence-electron chi connectivity index (χ2n) is 9.94. The number of nitrogens with one attached hydrogen (secondary N) is 1. The van der Waals surface area contributed by atoms with E-state index in [1.54, 1.807) is 40.8 Å². The number of hydrogen-bond donors (Lipinski definition) is 2. The van der Waals surface area contributed by atoms with Gasteiger partial charge in [-0.15, -0.1) is 0 Å². The van der Waals surface area contributed by atoms with Crippen LogP contribution >= 0.6 is 0 Å². The van der Waals surface area contributed by atoms with Crippen LogP contribution in [0.3, 0.4) is 0 Å². The fourth-order valence-electron chi connectivity index (χ4n) is 5.16. The van der Waals surface area contributed by atoms with E-state index in [1.165, 1.54) is 24.6 Å². The van der Waals surface area contributed by atoms with E-state index in [4.69, 9.17) is 10.7 Å². The smallest absolute Gasteiger partial charge is 0.298 e. The predicted octanol–water partition coefficient (Wildman–Crippen LogP) is 3.63. The Hall–Kier alpha value is -4.78. The lowest BCUT2D eigenvalue weighted by molar-refractivity contribution is -0.126. The number of rotatable bonds is 5. The average Bonchev–Trinajstić information content (AvgIpc) is 3.74. The van der Waals surface area contributed by atoms with E-state index in [2.05, 4.69) is 32.1 Å². The van der Waals surface area contributed by atoms with Crippen molar-refractivity contribution in [1.29, 1.82) is 0 Å². The Kier molecular flexibility index (Phi) is 6.40. The van der Waals surface area contributed by atoms with Gasteiger partial charge in [-0.2, -0.15) is 0 Å². The van der Waals surface area contributed by atoms with Crippen LogP contribution in [0.15, 0.2) is 48.9 Å². The number of nitrogen functional groups attached to an aromatic ring is 1. The Morgan fingerprint density at radius 2 is 1.90 bits per heavy atom. The van der Waals surface area contributed by atoms with Crippen LogP contribution in [-0.4, -0.2) is 54.1 Å². The van der Waals surface area contributed by atoms with Crippen molar-refractivity contribution in [3.05, 3.63) is 65.7 Å². The number of carbonyl (C=O) groups is 2. The molecule has 3 N–H and O–H groups in total. The lowest BCUT2D eigenvalue weighted by atomic mass is 9.94. The molecule has 4 aromatic heterocycles. The first-order valence-electron chi connectivity index (χ1n) is 13.1. The molecule has 1 saturated carbocycles. The monoisotopic (exact) mass is 520 g/mol. The molecular formula is C29H28N8O2. The normalized spacial score (nSPS) is 16.9. The summed E-state index contributed by atoms with van der Waals surface area (Å²) in [5.74, 6) is 6.82. The standard InChI is InChI=1S/C29H28N8O2/c1-2-4-25(38)36-14-3-5-21(17-36)26-23-11-13-32-29(30)37(23)27(35-26)22-9-8-20(16-33-22)28(39)34-24-15-19(10-12-31-24)18-6-7-18/h8-13,15-16,18,21H,3,5-7,14,17H2,1H3,(H2,30,32)(H,31,34,39). The minimum atomic E-state index is -0.286. The summed E-state index contributed by atoms with van der Waals surface area (Å²) in [6.45, 7) is 2.87. The van der Waals surface area contributed by atoms with E-state index in [1.807, 2.05) is 18.2 Å². The van der Waals surface area contributed by atoms with E-state index < -0.39 is 0 Å². The fourth-order valence-corrected chi connectivity index (χ4v) is 5.16. The van der Waals surface area contributed by atoms with Crippen LogP contribution < -0.4 is 11.1 Å². The first-order chi connectivity index (χ1) is 19.0. The molecule has 5 heterocycles. The van der Waals surface area contributed by atoms with Crippen LogP contribution in [0, 0.1) is 11.8 Å². The van der Waals surface area contributed by atoms with Gasteiger partial charge in [-0.1, -0.05) is 5.92 Å². The molecule has 10 nitrogen and oxygen atoms in total. The Bertz CT molecular complexity index is 1630. The van der Waals surface area contributed by atoms with Gasteiger partial charge in [-0.05, 0) is 80.3 Å². The highest BCUT2D eigenvalue weighted by Gasteiger charge is 2.29. The lowest BCUT2D eigenvalue weighted by Crippen LogP contribution is -2.38. The van der Waals surface area contributed by atoms with Gasteiger partial charge in [0, 0.05) is 37.6 Å². The highest BCUT2D eigenvalue weighted by molar-refractivity contribution is 6.03. The number of amides is 2. The number of likely N-dealkylation sites (tertiary alicyclic amines) is 1. The number of piperidine rings is 1. The maximum Gasteiger partial charge on any atom is 0.298 e. The first kappa shape index (κ1) is 24.6. The Labute approximate surface area is 225 Å². The van der Waals surface area contributed by atoms with Crippen LogP contribution in [0.2, 0.25) is 0 Å². The number of nitrogens with zero attached hydrogens (tertiary/aromatic N) is 6. The Morgan fingerprint density at radius 3 is 2.67 bits per heavy atom. The van der Waals surface area contributed by atoms with Crippen molar-refractivity contribution >= 4 is 29.1 Å². The summed E-state index contributed by atoms with van der Waals surface area (Å²) < 4.78 is 1.78. The fraction of sp³-hybridized carbons (Fsp3) is 0.310. The molecule has 1 aliphatic heterocycles. The molecule has 2 fully saturated rings. The highest BCUT2D eigenvalue weighted by Crippen LogP contribution is 2.40. The zero-order valence-corrected chi connectivity index (χ0v) is 21.6. The molecule has 1 aliphatic carbocycles. The lowest BCUT2D eigenvalue weighted by Gasteiger charge is -2.30. The highest BCUT2D eigenvalue weighted by atomic mass is 16.2. The Morgan fingerprint density at radius 1 is 1.05 bits per heavy atom. The van der Waals surface area contributed by atoms with Gasteiger partial charge < -0.3 is 16.0 Å². The third-order valence-electron chi connectivity index (χ3n) is 7.27. The minimum Gasteiger partial charge on any atom is -0.369 e. The van der Waals surface area contributed by atoms with Crippen molar-refractivity contribution < 1.29 is 9.59 Å². The molecule has 196 valence electrons. The molecular weight excluding hydrogens is 492 g/mol. The molecule has 39 heavy (non-hydrogen) atoms. The largest absolute Gasteiger partial charge is 0.369 e. The number of aromatic nitrogens is 5. The quantitative estimate of drug-likeness (QED) is 0.384. The second kappa shape index (κ2) is 10.2. The maximum absolute atomic E-state index is 12.9. The molecule has 2 aliphatic rings. The third kappa shape index (κ3) is 4.91. The van der Waals surface area contributed by atoms with Gasteiger partial charge in [0.15, 0.2) is 5.82 Å². The van der Waals surface area contributed by atoms with Crippen molar-refractivity contribution in [3.63, 3.8) is 0 Å². The molecule has 2 amide bonds. The van der Waals surface area contributed by atoms with Crippen LogP contribution in [0.1, 0.15) is 66.1 Å². The van der Waals surface area contributed by atoms with E-state index in [0.717, 1.165) is 24.1 Å². The number of nitrogens with two attached hydrogens (primary N) is 1. The van der Waals surface area contributed by atoms with Gasteiger partial charge in [0.1, 0.15) is 11.5 Å². The van der Waals surface area contributed by atoms with Crippen molar-refractivity contribution in [1.82, 2.24) is 29.2 Å². The third-order valence-corrected chi connectivity index (χ3v) is 7.27. The van der Waals surface area contributed by atoms with E-state index in [9.17, 15) is 9.59 Å². The zero-order chi connectivity index (χ0) is 26.9. The van der Waals surface area contributed by atoms with Crippen molar-refractivity contribution in [2.24, 2.45) is 0 Å². The van der Waals surface area contributed by atoms with Gasteiger partial charge >= 0.3 is 0 Å². The molecule has 1 atom stereocenters. The molecule has 0 aromatic carbocycles. The maximum atomic E-state index is 12.9. The van der Waals surface area contributed by atoms with Crippen LogP contribution in [0.4, 0.5) is 11.8 Å². The van der Waals surface area contributed by atoms with Crippen molar-refractivity contribution in [2.45, 2.75) is 44.4 Å². The van der Waals surface area contributed by atoms with Crippen molar-refractivity contribution in [3.8, 4) is 23.4 Å². The number of hydrogen-bond acceptors (Lipinski definition) is 7. The molecule has 6 rings (SSSR count). The number of pyridine rings is 2. The number of imidazole rings is 1. The summed E-state index contributed by atoms with van der Waals surface area (Å²) in [5, 5.41) is 2.87. The number of fused-ring (bicyclic) bond motifs is 1. The molecule has 4 aromatic rings. The summed E-state index contributed by atoms with van der Waals surface area (Å²) in [6, 6.07) is 9.26. The number of anilines is 2. The molecule has 1 unspecified atom stereocenters. The molecule has 10 heteroatoms.